The van der Waals surface area contributed by atoms with Crippen molar-refractivity contribution < 1.29 is 9.53 Å². The first kappa shape index (κ1) is 18.2. The Labute approximate surface area is 161 Å². The largest absolute Gasteiger partial charge is 0.439 e. The summed E-state index contributed by atoms with van der Waals surface area (Å²) >= 11 is 12.0. The average molecular weight is 387 g/mol. The maximum absolute atomic E-state index is 12.4. The number of halogens is 2. The summed E-state index contributed by atoms with van der Waals surface area (Å²) in [6, 6.07) is 15.7. The predicted octanol–water partition coefficient (Wildman–Crippen LogP) is 6.05. The minimum atomic E-state index is -0.289. The van der Waals surface area contributed by atoms with E-state index in [4.69, 9.17) is 27.9 Å². The van der Waals surface area contributed by atoms with Crippen molar-refractivity contribution in [2.45, 2.75) is 13.8 Å². The molecule has 0 aliphatic rings. The molecule has 0 saturated heterocycles. The molecule has 1 N–H and O–H groups in total. The van der Waals surface area contributed by atoms with E-state index in [9.17, 15) is 4.79 Å². The number of benzene rings is 2. The van der Waals surface area contributed by atoms with Crippen LogP contribution >= 0.6 is 23.2 Å². The summed E-state index contributed by atoms with van der Waals surface area (Å²) in [5.41, 5.74) is 2.54. The Hall–Kier alpha value is -2.56. The van der Waals surface area contributed by atoms with E-state index < -0.39 is 0 Å². The predicted molar refractivity (Wildman–Crippen MR) is 105 cm³/mol. The fourth-order valence-electron chi connectivity index (χ4n) is 2.40. The molecule has 26 heavy (non-hydrogen) atoms. The van der Waals surface area contributed by atoms with Crippen LogP contribution in [0, 0.1) is 13.8 Å². The van der Waals surface area contributed by atoms with Crippen molar-refractivity contribution in [1.82, 2.24) is 4.98 Å². The van der Waals surface area contributed by atoms with Gasteiger partial charge in [0.15, 0.2) is 0 Å². The number of anilines is 1. The number of nitrogens with one attached hydrogen (secondary N) is 1. The van der Waals surface area contributed by atoms with Crippen molar-refractivity contribution in [2.75, 3.05) is 5.32 Å². The molecule has 3 rings (SSSR count). The second-order valence-corrected chi connectivity index (χ2v) is 6.57. The van der Waals surface area contributed by atoms with Gasteiger partial charge in [0.2, 0.25) is 5.88 Å². The molecule has 0 unspecified atom stereocenters. The lowest BCUT2D eigenvalue weighted by Crippen LogP contribution is -2.13. The Bertz CT molecular complexity index is 974. The van der Waals surface area contributed by atoms with E-state index in [-0.39, 0.29) is 5.91 Å². The van der Waals surface area contributed by atoms with Crippen LogP contribution in [0.1, 0.15) is 21.6 Å². The van der Waals surface area contributed by atoms with Gasteiger partial charge in [0.05, 0.1) is 22.0 Å². The number of pyridine rings is 1. The smallest absolute Gasteiger partial charge is 0.257 e. The topological polar surface area (TPSA) is 51.2 Å². The molecule has 0 aliphatic carbocycles. The number of ether oxygens (including phenoxy) is 1. The zero-order chi connectivity index (χ0) is 18.7. The number of aryl methyl sites for hydroxylation is 2. The fourth-order valence-corrected chi connectivity index (χ4v) is 2.85. The molecule has 3 aromatic rings. The zero-order valence-electron chi connectivity index (χ0n) is 14.2. The lowest BCUT2D eigenvalue weighted by Gasteiger charge is -2.12. The third-order valence-corrected chi connectivity index (χ3v) is 4.34. The molecule has 1 aromatic heterocycles. The van der Waals surface area contributed by atoms with Gasteiger partial charge in [-0.2, -0.15) is 0 Å². The van der Waals surface area contributed by atoms with E-state index in [0.29, 0.717) is 38.6 Å². The maximum Gasteiger partial charge on any atom is 0.257 e. The molecular weight excluding hydrogens is 371 g/mol. The van der Waals surface area contributed by atoms with E-state index >= 15 is 0 Å². The SMILES string of the molecule is Cc1cc(Cl)ccc1Oc1ccc(NC(=O)c2ccccc2Cl)c(C)n1. The lowest BCUT2D eigenvalue weighted by atomic mass is 10.2. The zero-order valence-corrected chi connectivity index (χ0v) is 15.7. The van der Waals surface area contributed by atoms with Crippen LogP contribution in [0.25, 0.3) is 0 Å². The van der Waals surface area contributed by atoms with Gasteiger partial charge in [-0.05, 0) is 55.8 Å². The number of carbonyl (C=O) groups excluding carboxylic acids is 1. The minimum absolute atomic E-state index is 0.289. The number of hydrogen-bond acceptors (Lipinski definition) is 3. The molecule has 0 radical (unpaired) electrons. The van der Waals surface area contributed by atoms with Crippen molar-refractivity contribution in [3.8, 4) is 11.6 Å². The Morgan fingerprint density at radius 1 is 1.04 bits per heavy atom. The highest BCUT2D eigenvalue weighted by molar-refractivity contribution is 6.34. The van der Waals surface area contributed by atoms with Gasteiger partial charge in [-0.15, -0.1) is 0 Å². The molecule has 132 valence electrons. The van der Waals surface area contributed by atoms with Crippen molar-refractivity contribution in [2.24, 2.45) is 0 Å². The molecule has 1 heterocycles. The van der Waals surface area contributed by atoms with Gasteiger partial charge < -0.3 is 10.1 Å². The van der Waals surface area contributed by atoms with Gasteiger partial charge in [0.25, 0.3) is 5.91 Å². The molecule has 6 heteroatoms. The van der Waals surface area contributed by atoms with Crippen molar-refractivity contribution in [3.63, 3.8) is 0 Å². The van der Waals surface area contributed by atoms with Gasteiger partial charge in [-0.25, -0.2) is 4.98 Å². The third kappa shape index (κ3) is 4.15. The summed E-state index contributed by atoms with van der Waals surface area (Å²) in [7, 11) is 0. The standard InChI is InChI=1S/C20H16Cl2N2O2/c1-12-11-14(21)7-9-18(12)26-19-10-8-17(13(2)23-19)24-20(25)15-5-3-4-6-16(15)22/h3-11H,1-2H3,(H,24,25). The van der Waals surface area contributed by atoms with Crippen LogP contribution < -0.4 is 10.1 Å². The molecule has 2 aromatic carbocycles. The first-order valence-corrected chi connectivity index (χ1v) is 8.67. The molecule has 0 saturated carbocycles. The van der Waals surface area contributed by atoms with Crippen LogP contribution in [0.5, 0.6) is 11.6 Å². The van der Waals surface area contributed by atoms with Gasteiger partial charge in [-0.1, -0.05) is 35.3 Å². The molecule has 0 bridgehead atoms. The van der Waals surface area contributed by atoms with Gasteiger partial charge in [0, 0.05) is 11.1 Å². The number of hydrogen-bond donors (Lipinski definition) is 1. The molecule has 1 amide bonds. The first-order valence-electron chi connectivity index (χ1n) is 7.91. The third-order valence-electron chi connectivity index (χ3n) is 3.78. The highest BCUT2D eigenvalue weighted by Crippen LogP contribution is 2.28. The second-order valence-electron chi connectivity index (χ2n) is 5.73. The summed E-state index contributed by atoms with van der Waals surface area (Å²) in [6.45, 7) is 3.70. The molecule has 0 aliphatic heterocycles. The fraction of sp³-hybridized carbons (Fsp3) is 0.100. The Morgan fingerprint density at radius 2 is 1.81 bits per heavy atom. The first-order chi connectivity index (χ1) is 12.4. The van der Waals surface area contributed by atoms with Crippen LogP contribution in [0.15, 0.2) is 54.6 Å². The second kappa shape index (κ2) is 7.77. The highest BCUT2D eigenvalue weighted by atomic mass is 35.5. The number of nitrogens with zero attached hydrogens (tertiary/aromatic N) is 1. The normalized spacial score (nSPS) is 10.5. The summed E-state index contributed by atoms with van der Waals surface area (Å²) in [5.74, 6) is 0.820. The maximum atomic E-state index is 12.4. The number of rotatable bonds is 4. The molecule has 0 atom stereocenters. The summed E-state index contributed by atoms with van der Waals surface area (Å²) < 4.78 is 5.81. The van der Waals surface area contributed by atoms with Crippen molar-refractivity contribution in [3.05, 3.63) is 81.5 Å². The van der Waals surface area contributed by atoms with E-state index in [1.807, 2.05) is 13.0 Å². The van der Waals surface area contributed by atoms with Crippen LogP contribution in [0.2, 0.25) is 10.0 Å². The summed E-state index contributed by atoms with van der Waals surface area (Å²) in [5, 5.41) is 3.87. The monoisotopic (exact) mass is 386 g/mol. The van der Waals surface area contributed by atoms with E-state index in [2.05, 4.69) is 10.3 Å². The molecule has 0 spiro atoms. The average Bonchev–Trinajstić information content (AvgIpc) is 2.60. The number of amides is 1. The van der Waals surface area contributed by atoms with E-state index in [1.165, 1.54) is 0 Å². The quantitative estimate of drug-likeness (QED) is 0.593. The highest BCUT2D eigenvalue weighted by Gasteiger charge is 2.12. The van der Waals surface area contributed by atoms with Crippen LogP contribution in [-0.4, -0.2) is 10.9 Å². The van der Waals surface area contributed by atoms with E-state index in [1.54, 1.807) is 55.5 Å². The number of aromatic nitrogens is 1. The Balaban J connectivity index is 1.77. The van der Waals surface area contributed by atoms with Gasteiger partial charge in [0.1, 0.15) is 5.75 Å². The summed E-state index contributed by atoms with van der Waals surface area (Å²) in [4.78, 5) is 16.8. The lowest BCUT2D eigenvalue weighted by molar-refractivity contribution is 0.102. The van der Waals surface area contributed by atoms with Gasteiger partial charge >= 0.3 is 0 Å². The summed E-state index contributed by atoms with van der Waals surface area (Å²) in [6.07, 6.45) is 0. The van der Waals surface area contributed by atoms with Crippen molar-refractivity contribution in [1.29, 1.82) is 0 Å². The molecule has 4 nitrogen and oxygen atoms in total. The van der Waals surface area contributed by atoms with Crippen molar-refractivity contribution >= 4 is 34.8 Å². The Kier molecular flexibility index (Phi) is 5.45. The van der Waals surface area contributed by atoms with Crippen LogP contribution in [0.4, 0.5) is 5.69 Å². The van der Waals surface area contributed by atoms with Gasteiger partial charge in [-0.3, -0.25) is 4.79 Å². The molecule has 0 fully saturated rings. The minimum Gasteiger partial charge on any atom is -0.439 e. The van der Waals surface area contributed by atoms with E-state index in [0.717, 1.165) is 5.56 Å². The van der Waals surface area contributed by atoms with Crippen LogP contribution in [-0.2, 0) is 0 Å². The molecular formula is C20H16Cl2N2O2. The Morgan fingerprint density at radius 3 is 2.50 bits per heavy atom. The number of carbonyl (C=O) groups is 1. The van der Waals surface area contributed by atoms with Crippen LogP contribution in [0.3, 0.4) is 0 Å².